The van der Waals surface area contributed by atoms with Gasteiger partial charge in [0.2, 0.25) is 0 Å². The van der Waals surface area contributed by atoms with Gasteiger partial charge in [-0.15, -0.1) is 0 Å². The van der Waals surface area contributed by atoms with E-state index >= 15 is 0 Å². The second kappa shape index (κ2) is 6.50. The van der Waals surface area contributed by atoms with Crippen molar-refractivity contribution in [2.24, 2.45) is 5.92 Å². The van der Waals surface area contributed by atoms with E-state index in [-0.39, 0.29) is 0 Å². The monoisotopic (exact) mass is 273 g/mol. The second-order valence-corrected chi connectivity index (χ2v) is 11.9. The van der Waals surface area contributed by atoms with Gasteiger partial charge in [0.25, 0.3) is 0 Å². The van der Waals surface area contributed by atoms with Crippen LogP contribution in [0.4, 0.5) is 0 Å². The van der Waals surface area contributed by atoms with Crippen molar-refractivity contribution >= 4 is 8.32 Å². The largest absolute Gasteiger partial charge is 0.416 e. The Bertz CT molecular complexity index is 251. The second-order valence-electron chi connectivity index (χ2n) is 7.10. The Morgan fingerprint density at radius 3 is 2.56 bits per heavy atom. The van der Waals surface area contributed by atoms with E-state index in [9.17, 15) is 5.11 Å². The highest BCUT2D eigenvalue weighted by Gasteiger charge is 2.37. The summed E-state index contributed by atoms with van der Waals surface area (Å²) in [7, 11) is -1.59. The molecule has 0 aromatic carbocycles. The first-order chi connectivity index (χ1) is 8.26. The summed E-state index contributed by atoms with van der Waals surface area (Å²) in [6, 6.07) is 0. The van der Waals surface area contributed by atoms with E-state index in [1.54, 1.807) is 0 Å². The molecule has 4 heteroatoms. The van der Waals surface area contributed by atoms with E-state index < -0.39 is 8.32 Å². The van der Waals surface area contributed by atoms with Gasteiger partial charge in [-0.3, -0.25) is 0 Å². The van der Waals surface area contributed by atoms with E-state index in [4.69, 9.17) is 4.43 Å². The SMILES string of the molecule is CC(C)(C)[Si](C)(C)OCCN1CCCC(CO)C1. The number of rotatable bonds is 5. The molecular weight excluding hydrogens is 242 g/mol. The number of hydrogen-bond acceptors (Lipinski definition) is 3. The summed E-state index contributed by atoms with van der Waals surface area (Å²) < 4.78 is 6.20. The van der Waals surface area contributed by atoms with Gasteiger partial charge in [0.05, 0.1) is 0 Å². The van der Waals surface area contributed by atoms with Gasteiger partial charge in [-0.25, -0.2) is 0 Å². The first kappa shape index (κ1) is 16.2. The fourth-order valence-electron chi connectivity index (χ4n) is 2.15. The van der Waals surface area contributed by atoms with Gasteiger partial charge in [-0.05, 0) is 43.4 Å². The van der Waals surface area contributed by atoms with Gasteiger partial charge >= 0.3 is 0 Å². The third-order valence-electron chi connectivity index (χ3n) is 4.54. The Morgan fingerprint density at radius 2 is 2.00 bits per heavy atom. The topological polar surface area (TPSA) is 32.7 Å². The van der Waals surface area contributed by atoms with Crippen LogP contribution >= 0.6 is 0 Å². The molecule has 0 radical (unpaired) electrons. The maximum absolute atomic E-state index is 9.22. The van der Waals surface area contributed by atoms with Crippen LogP contribution in [0.1, 0.15) is 33.6 Å². The van der Waals surface area contributed by atoms with Crippen LogP contribution < -0.4 is 0 Å². The van der Waals surface area contributed by atoms with Crippen LogP contribution in [0.3, 0.4) is 0 Å². The molecule has 0 amide bonds. The number of nitrogens with zero attached hydrogens (tertiary/aromatic N) is 1. The quantitative estimate of drug-likeness (QED) is 0.782. The van der Waals surface area contributed by atoms with E-state index in [2.05, 4.69) is 38.8 Å². The van der Waals surface area contributed by atoms with Crippen LogP contribution in [0, 0.1) is 5.92 Å². The molecule has 3 nitrogen and oxygen atoms in total. The predicted octanol–water partition coefficient (Wildman–Crippen LogP) is 2.71. The average Bonchev–Trinajstić information content (AvgIpc) is 2.27. The molecule has 0 saturated carbocycles. The first-order valence-electron chi connectivity index (χ1n) is 7.23. The van der Waals surface area contributed by atoms with Crippen LogP contribution in [0.5, 0.6) is 0 Å². The van der Waals surface area contributed by atoms with Crippen molar-refractivity contribution in [1.29, 1.82) is 0 Å². The summed E-state index contributed by atoms with van der Waals surface area (Å²) in [6.07, 6.45) is 2.39. The number of aliphatic hydroxyl groups excluding tert-OH is 1. The van der Waals surface area contributed by atoms with E-state index in [1.807, 2.05) is 0 Å². The minimum absolute atomic E-state index is 0.294. The molecule has 18 heavy (non-hydrogen) atoms. The smallest absolute Gasteiger partial charge is 0.192 e. The van der Waals surface area contributed by atoms with Gasteiger partial charge in [0.1, 0.15) is 0 Å². The minimum atomic E-state index is -1.59. The Labute approximate surface area is 114 Å². The summed E-state index contributed by atoms with van der Waals surface area (Å²) in [4.78, 5) is 2.44. The molecule has 1 aliphatic rings. The maximum Gasteiger partial charge on any atom is 0.192 e. The third kappa shape index (κ3) is 4.65. The Morgan fingerprint density at radius 1 is 1.33 bits per heavy atom. The van der Waals surface area contributed by atoms with E-state index in [0.29, 0.717) is 17.6 Å². The first-order valence-corrected chi connectivity index (χ1v) is 10.1. The molecule has 1 saturated heterocycles. The number of likely N-dealkylation sites (tertiary alicyclic amines) is 1. The lowest BCUT2D eigenvalue weighted by Crippen LogP contribution is -2.44. The molecule has 1 N–H and O–H groups in total. The van der Waals surface area contributed by atoms with Crippen molar-refractivity contribution in [3.05, 3.63) is 0 Å². The fraction of sp³-hybridized carbons (Fsp3) is 1.00. The molecule has 1 rings (SSSR count). The van der Waals surface area contributed by atoms with Gasteiger partial charge in [0.15, 0.2) is 8.32 Å². The van der Waals surface area contributed by atoms with Gasteiger partial charge < -0.3 is 14.4 Å². The summed E-state index contributed by atoms with van der Waals surface area (Å²) >= 11 is 0. The van der Waals surface area contributed by atoms with Crippen LogP contribution in [0.25, 0.3) is 0 Å². The lowest BCUT2D eigenvalue weighted by Gasteiger charge is -2.37. The lowest BCUT2D eigenvalue weighted by atomic mass is 9.99. The molecule has 1 fully saturated rings. The highest BCUT2D eigenvalue weighted by atomic mass is 28.4. The van der Waals surface area contributed by atoms with Crippen molar-refractivity contribution in [1.82, 2.24) is 4.90 Å². The Balaban J connectivity index is 2.29. The van der Waals surface area contributed by atoms with E-state index in [0.717, 1.165) is 26.2 Å². The molecule has 1 aliphatic heterocycles. The summed E-state index contributed by atoms with van der Waals surface area (Å²) in [5, 5.41) is 9.51. The molecule has 0 bridgehead atoms. The highest BCUT2D eigenvalue weighted by Crippen LogP contribution is 2.36. The summed E-state index contributed by atoms with van der Waals surface area (Å²) in [5.41, 5.74) is 0. The zero-order valence-electron chi connectivity index (χ0n) is 12.8. The predicted molar refractivity (Wildman–Crippen MR) is 79.4 cm³/mol. The molecular formula is C14H31NO2Si. The molecule has 1 unspecified atom stereocenters. The standard InChI is InChI=1S/C14H31NO2Si/c1-14(2,3)18(4,5)17-10-9-15-8-6-7-13(11-15)12-16/h13,16H,6-12H2,1-5H3. The molecule has 0 spiro atoms. The summed E-state index contributed by atoms with van der Waals surface area (Å²) in [6.45, 7) is 15.8. The fourth-order valence-corrected chi connectivity index (χ4v) is 3.18. The van der Waals surface area contributed by atoms with Crippen LogP contribution in [-0.4, -0.2) is 51.2 Å². The van der Waals surface area contributed by atoms with Crippen molar-refractivity contribution in [3.63, 3.8) is 0 Å². The molecule has 0 aromatic heterocycles. The molecule has 0 aromatic rings. The number of aliphatic hydroxyl groups is 1. The Kier molecular flexibility index (Phi) is 5.84. The molecule has 108 valence electrons. The molecule has 1 atom stereocenters. The third-order valence-corrected chi connectivity index (χ3v) is 9.08. The van der Waals surface area contributed by atoms with Crippen molar-refractivity contribution < 1.29 is 9.53 Å². The van der Waals surface area contributed by atoms with Gasteiger partial charge in [-0.2, -0.15) is 0 Å². The van der Waals surface area contributed by atoms with Crippen molar-refractivity contribution in [2.45, 2.75) is 51.7 Å². The number of hydrogen-bond donors (Lipinski definition) is 1. The summed E-state index contributed by atoms with van der Waals surface area (Å²) in [5.74, 6) is 0.478. The zero-order chi connectivity index (χ0) is 13.8. The van der Waals surface area contributed by atoms with Gasteiger partial charge in [0, 0.05) is 26.3 Å². The number of piperidine rings is 1. The van der Waals surface area contributed by atoms with Crippen LogP contribution in [0.2, 0.25) is 18.1 Å². The lowest BCUT2D eigenvalue weighted by molar-refractivity contribution is 0.105. The van der Waals surface area contributed by atoms with Gasteiger partial charge in [-0.1, -0.05) is 20.8 Å². The molecule has 1 heterocycles. The zero-order valence-corrected chi connectivity index (χ0v) is 13.8. The van der Waals surface area contributed by atoms with Crippen LogP contribution in [-0.2, 0) is 4.43 Å². The van der Waals surface area contributed by atoms with Crippen molar-refractivity contribution in [3.8, 4) is 0 Å². The van der Waals surface area contributed by atoms with Crippen LogP contribution in [0.15, 0.2) is 0 Å². The normalized spacial score (nSPS) is 23.3. The van der Waals surface area contributed by atoms with Crippen molar-refractivity contribution in [2.75, 3.05) is 32.8 Å². The van der Waals surface area contributed by atoms with E-state index in [1.165, 1.54) is 12.8 Å². The minimum Gasteiger partial charge on any atom is -0.416 e. The molecule has 0 aliphatic carbocycles. The Hall–Kier alpha value is 0.0969. The highest BCUT2D eigenvalue weighted by molar-refractivity contribution is 6.74. The average molecular weight is 273 g/mol. The maximum atomic E-state index is 9.22.